The highest BCUT2D eigenvalue weighted by Gasteiger charge is 2.30. The molecular formula is C24H24FN3O4. The van der Waals surface area contributed by atoms with Crippen LogP contribution in [0.25, 0.3) is 11.0 Å². The van der Waals surface area contributed by atoms with Crippen molar-refractivity contribution in [3.63, 3.8) is 0 Å². The van der Waals surface area contributed by atoms with Crippen LogP contribution in [0.1, 0.15) is 35.7 Å². The number of halogens is 1. The lowest BCUT2D eigenvalue weighted by Gasteiger charge is -2.31. The second-order valence-corrected chi connectivity index (χ2v) is 7.81. The van der Waals surface area contributed by atoms with E-state index in [2.05, 4.69) is 4.98 Å². The summed E-state index contributed by atoms with van der Waals surface area (Å²) in [5.41, 5.74) is 0.792. The molecular weight excluding hydrogens is 413 g/mol. The molecule has 0 aliphatic carbocycles. The minimum absolute atomic E-state index is 0.0576. The Balaban J connectivity index is 1.64. The van der Waals surface area contributed by atoms with Crippen molar-refractivity contribution >= 4 is 22.9 Å². The molecule has 1 fully saturated rings. The van der Waals surface area contributed by atoms with E-state index in [1.807, 2.05) is 0 Å². The molecule has 2 aromatic heterocycles. The molecule has 0 saturated carbocycles. The Morgan fingerprint density at radius 1 is 1.16 bits per heavy atom. The van der Waals surface area contributed by atoms with Crippen molar-refractivity contribution in [1.82, 2.24) is 14.5 Å². The van der Waals surface area contributed by atoms with Gasteiger partial charge in [-0.05, 0) is 55.7 Å². The van der Waals surface area contributed by atoms with Gasteiger partial charge in [-0.15, -0.1) is 0 Å². The Bertz CT molecular complexity index is 1200. The van der Waals surface area contributed by atoms with Crippen LogP contribution >= 0.6 is 0 Å². The quantitative estimate of drug-likeness (QED) is 0.573. The van der Waals surface area contributed by atoms with Crippen molar-refractivity contribution < 1.29 is 18.7 Å². The van der Waals surface area contributed by atoms with Crippen LogP contribution in [0.5, 0.6) is 0 Å². The van der Waals surface area contributed by atoms with E-state index < -0.39 is 5.56 Å². The Morgan fingerprint density at radius 2 is 1.88 bits per heavy atom. The Morgan fingerprint density at radius 3 is 2.56 bits per heavy atom. The van der Waals surface area contributed by atoms with Gasteiger partial charge in [-0.3, -0.25) is 19.0 Å². The molecule has 1 amide bonds. The van der Waals surface area contributed by atoms with E-state index in [-0.39, 0.29) is 35.7 Å². The number of piperidine rings is 1. The van der Waals surface area contributed by atoms with Crippen LogP contribution in [0.3, 0.4) is 0 Å². The molecule has 1 aromatic carbocycles. The third kappa shape index (κ3) is 4.39. The van der Waals surface area contributed by atoms with E-state index in [1.54, 1.807) is 48.4 Å². The lowest BCUT2D eigenvalue weighted by atomic mass is 9.96. The molecule has 3 aromatic rings. The van der Waals surface area contributed by atoms with E-state index in [0.717, 1.165) is 5.56 Å². The summed E-state index contributed by atoms with van der Waals surface area (Å²) in [6.07, 6.45) is 2.59. The third-order valence-corrected chi connectivity index (χ3v) is 5.73. The number of esters is 1. The molecule has 32 heavy (non-hydrogen) atoms. The normalized spacial score (nSPS) is 14.5. The molecule has 7 nitrogen and oxygen atoms in total. The summed E-state index contributed by atoms with van der Waals surface area (Å²) in [4.78, 5) is 44.5. The minimum atomic E-state index is -0.446. The van der Waals surface area contributed by atoms with E-state index in [1.165, 1.54) is 16.7 Å². The molecule has 0 spiro atoms. The van der Waals surface area contributed by atoms with Gasteiger partial charge in [0.05, 0.1) is 19.1 Å². The summed E-state index contributed by atoms with van der Waals surface area (Å²) in [5.74, 6) is -1.19. The zero-order chi connectivity index (χ0) is 22.7. The number of benzene rings is 1. The van der Waals surface area contributed by atoms with E-state index in [4.69, 9.17) is 4.74 Å². The number of pyridine rings is 2. The van der Waals surface area contributed by atoms with Gasteiger partial charge >= 0.3 is 5.97 Å². The number of rotatable bonds is 5. The van der Waals surface area contributed by atoms with E-state index in [9.17, 15) is 18.8 Å². The highest BCUT2D eigenvalue weighted by Crippen LogP contribution is 2.21. The Labute approximate surface area is 184 Å². The summed E-state index contributed by atoms with van der Waals surface area (Å²) in [7, 11) is 0. The average Bonchev–Trinajstić information content (AvgIpc) is 2.82. The van der Waals surface area contributed by atoms with Gasteiger partial charge < -0.3 is 9.64 Å². The summed E-state index contributed by atoms with van der Waals surface area (Å²) in [6.45, 7) is 3.02. The summed E-state index contributed by atoms with van der Waals surface area (Å²) < 4.78 is 19.8. The fraction of sp³-hybridized carbons (Fsp3) is 0.333. The first-order valence-corrected chi connectivity index (χ1v) is 10.7. The number of hydrogen-bond acceptors (Lipinski definition) is 5. The lowest BCUT2D eigenvalue weighted by Crippen LogP contribution is -2.43. The Hall–Kier alpha value is -3.55. The first-order chi connectivity index (χ1) is 15.5. The number of nitrogens with zero attached hydrogens (tertiary/aromatic N) is 3. The third-order valence-electron chi connectivity index (χ3n) is 5.73. The fourth-order valence-corrected chi connectivity index (χ4v) is 4.03. The first kappa shape index (κ1) is 21.7. The van der Waals surface area contributed by atoms with Crippen LogP contribution in [0.15, 0.2) is 53.5 Å². The second-order valence-electron chi connectivity index (χ2n) is 7.81. The zero-order valence-corrected chi connectivity index (χ0v) is 17.8. The van der Waals surface area contributed by atoms with Crippen LogP contribution in [0.4, 0.5) is 4.39 Å². The minimum Gasteiger partial charge on any atom is -0.466 e. The summed E-state index contributed by atoms with van der Waals surface area (Å²) >= 11 is 0. The standard InChI is InChI=1S/C24H24FN3O4/c1-2-32-24(31)17-9-12-27(13-10-17)22(29)20-14-18-4-3-11-26-21(18)28(23(20)30)15-16-5-7-19(25)8-6-16/h3-8,11,14,17H,2,9-10,12-13,15H2,1H3. The van der Waals surface area contributed by atoms with Gasteiger partial charge in [0.25, 0.3) is 11.5 Å². The van der Waals surface area contributed by atoms with Crippen LogP contribution < -0.4 is 5.56 Å². The number of amides is 1. The van der Waals surface area contributed by atoms with Gasteiger partial charge in [0, 0.05) is 24.7 Å². The van der Waals surface area contributed by atoms with Crippen molar-refractivity contribution in [2.45, 2.75) is 26.3 Å². The number of fused-ring (bicyclic) bond motifs is 1. The highest BCUT2D eigenvalue weighted by atomic mass is 19.1. The van der Waals surface area contributed by atoms with Gasteiger partial charge in [0.2, 0.25) is 0 Å². The zero-order valence-electron chi connectivity index (χ0n) is 17.8. The van der Waals surface area contributed by atoms with Crippen molar-refractivity contribution in [3.05, 3.63) is 76.0 Å². The molecule has 1 saturated heterocycles. The predicted molar refractivity (Wildman–Crippen MR) is 117 cm³/mol. The number of likely N-dealkylation sites (tertiary alicyclic amines) is 1. The van der Waals surface area contributed by atoms with Gasteiger partial charge in [0.15, 0.2) is 0 Å². The number of carbonyl (C=O) groups is 2. The molecule has 0 unspecified atom stereocenters. The molecule has 1 aliphatic heterocycles. The lowest BCUT2D eigenvalue weighted by molar-refractivity contribution is -0.149. The maximum absolute atomic E-state index is 13.3. The van der Waals surface area contributed by atoms with Gasteiger partial charge in [-0.25, -0.2) is 9.37 Å². The fourth-order valence-electron chi connectivity index (χ4n) is 4.03. The molecule has 3 heterocycles. The maximum Gasteiger partial charge on any atom is 0.309 e. The molecule has 0 radical (unpaired) electrons. The SMILES string of the molecule is CCOC(=O)C1CCN(C(=O)c2cc3cccnc3n(Cc3ccc(F)cc3)c2=O)CC1. The van der Waals surface area contributed by atoms with E-state index in [0.29, 0.717) is 43.6 Å². The number of aromatic nitrogens is 2. The van der Waals surface area contributed by atoms with Crippen molar-refractivity contribution in [2.75, 3.05) is 19.7 Å². The van der Waals surface area contributed by atoms with Gasteiger partial charge in [0.1, 0.15) is 17.0 Å². The molecule has 8 heteroatoms. The van der Waals surface area contributed by atoms with Gasteiger partial charge in [-0.2, -0.15) is 0 Å². The molecule has 1 aliphatic rings. The van der Waals surface area contributed by atoms with Gasteiger partial charge in [-0.1, -0.05) is 12.1 Å². The second kappa shape index (κ2) is 9.30. The number of ether oxygens (including phenoxy) is 1. The predicted octanol–water partition coefficient (Wildman–Crippen LogP) is 3.00. The molecule has 4 rings (SSSR count). The van der Waals surface area contributed by atoms with Crippen molar-refractivity contribution in [1.29, 1.82) is 0 Å². The smallest absolute Gasteiger partial charge is 0.309 e. The highest BCUT2D eigenvalue weighted by molar-refractivity contribution is 5.97. The summed E-state index contributed by atoms with van der Waals surface area (Å²) in [6, 6.07) is 11.0. The first-order valence-electron chi connectivity index (χ1n) is 10.7. The van der Waals surface area contributed by atoms with Crippen LogP contribution in [-0.2, 0) is 16.1 Å². The summed E-state index contributed by atoms with van der Waals surface area (Å²) in [5, 5.41) is 0.666. The van der Waals surface area contributed by atoms with Crippen LogP contribution in [-0.4, -0.2) is 46.0 Å². The number of carbonyl (C=O) groups excluding carboxylic acids is 2. The Kier molecular flexibility index (Phi) is 6.30. The monoisotopic (exact) mass is 437 g/mol. The van der Waals surface area contributed by atoms with Crippen LogP contribution in [0, 0.1) is 11.7 Å². The molecule has 166 valence electrons. The van der Waals surface area contributed by atoms with Crippen molar-refractivity contribution in [2.24, 2.45) is 5.92 Å². The molecule has 0 atom stereocenters. The average molecular weight is 437 g/mol. The topological polar surface area (TPSA) is 81.5 Å². The molecule has 0 N–H and O–H groups in total. The maximum atomic E-state index is 13.3. The number of hydrogen-bond donors (Lipinski definition) is 0. The van der Waals surface area contributed by atoms with Crippen molar-refractivity contribution in [3.8, 4) is 0 Å². The largest absolute Gasteiger partial charge is 0.466 e. The molecule has 0 bridgehead atoms. The van der Waals surface area contributed by atoms with Crippen LogP contribution in [0.2, 0.25) is 0 Å². The van der Waals surface area contributed by atoms with E-state index >= 15 is 0 Å².